The Hall–Kier alpha value is -1.37. The van der Waals surface area contributed by atoms with Crippen LogP contribution in [0.3, 0.4) is 0 Å². The van der Waals surface area contributed by atoms with Crippen molar-refractivity contribution in [1.82, 2.24) is 9.97 Å². The third-order valence-corrected chi connectivity index (χ3v) is 6.12. The Kier molecular flexibility index (Phi) is 3.70. The zero-order valence-corrected chi connectivity index (χ0v) is 13.5. The Balaban J connectivity index is 1.64. The Bertz CT molecular complexity index is 712. The van der Waals surface area contributed by atoms with E-state index >= 15 is 0 Å². The molecule has 1 saturated carbocycles. The van der Waals surface area contributed by atoms with Gasteiger partial charge in [-0.3, -0.25) is 0 Å². The fourth-order valence-electron chi connectivity index (χ4n) is 4.05. The van der Waals surface area contributed by atoms with Crippen LogP contribution >= 0.6 is 11.3 Å². The molecule has 2 aliphatic rings. The molecule has 7 heteroatoms. The van der Waals surface area contributed by atoms with Gasteiger partial charge in [0.2, 0.25) is 0 Å². The van der Waals surface area contributed by atoms with Crippen molar-refractivity contribution in [1.29, 1.82) is 0 Å². The number of thiophene rings is 1. The summed E-state index contributed by atoms with van der Waals surface area (Å²) in [4.78, 5) is 11.8. The topological polar surface area (TPSA) is 29.0 Å². The van der Waals surface area contributed by atoms with Crippen LogP contribution in [0.5, 0.6) is 0 Å². The lowest BCUT2D eigenvalue weighted by molar-refractivity contribution is -0.126. The van der Waals surface area contributed by atoms with Crippen molar-refractivity contribution in [2.45, 2.75) is 38.3 Å². The lowest BCUT2D eigenvalue weighted by atomic mass is 9.88. The molecule has 0 amide bonds. The van der Waals surface area contributed by atoms with Crippen molar-refractivity contribution in [2.75, 3.05) is 18.0 Å². The van der Waals surface area contributed by atoms with E-state index in [4.69, 9.17) is 0 Å². The van der Waals surface area contributed by atoms with Gasteiger partial charge in [-0.05, 0) is 30.7 Å². The minimum absolute atomic E-state index is 0.310. The van der Waals surface area contributed by atoms with E-state index in [0.717, 1.165) is 48.0 Å². The highest BCUT2D eigenvalue weighted by Gasteiger charge is 2.34. The van der Waals surface area contributed by atoms with Crippen LogP contribution in [0, 0.1) is 11.8 Å². The van der Waals surface area contributed by atoms with Gasteiger partial charge in [0.15, 0.2) is 0 Å². The quantitative estimate of drug-likeness (QED) is 0.809. The zero-order chi connectivity index (χ0) is 16.0. The van der Waals surface area contributed by atoms with Gasteiger partial charge in [0.05, 0.1) is 11.8 Å². The highest BCUT2D eigenvalue weighted by molar-refractivity contribution is 7.18. The molecule has 0 radical (unpaired) electrons. The maximum absolute atomic E-state index is 12.6. The smallest absolute Gasteiger partial charge is 0.356 e. The standard InChI is InChI=1S/C16H18F3N3S/c17-16(18,19)7-12-6-13-14(20-9-21-15(13)23-12)22-5-4-10-2-1-3-11(10)8-22/h6,9-11H,1-5,7-8H2. The number of alkyl halides is 3. The number of hydrogen-bond acceptors (Lipinski definition) is 4. The minimum atomic E-state index is -4.18. The minimum Gasteiger partial charge on any atom is -0.356 e. The first-order chi connectivity index (χ1) is 11.0. The van der Waals surface area contributed by atoms with Crippen LogP contribution in [-0.4, -0.2) is 29.2 Å². The Morgan fingerprint density at radius 3 is 2.83 bits per heavy atom. The number of fused-ring (bicyclic) bond motifs is 2. The van der Waals surface area contributed by atoms with Crippen LogP contribution in [0.1, 0.15) is 30.6 Å². The predicted octanol–water partition coefficient (Wildman–Crippen LogP) is 4.42. The van der Waals surface area contributed by atoms with Crippen LogP contribution in [0.4, 0.5) is 19.0 Å². The summed E-state index contributed by atoms with van der Waals surface area (Å²) in [5.41, 5.74) is 0. The lowest BCUT2D eigenvalue weighted by Crippen LogP contribution is -2.38. The Morgan fingerprint density at radius 1 is 1.17 bits per heavy atom. The summed E-state index contributed by atoms with van der Waals surface area (Å²) in [5, 5.41) is 0.771. The average Bonchev–Trinajstić information content (AvgIpc) is 3.09. The molecule has 1 aliphatic heterocycles. The van der Waals surface area contributed by atoms with E-state index in [9.17, 15) is 13.2 Å². The average molecular weight is 341 g/mol. The van der Waals surface area contributed by atoms with Crippen molar-refractivity contribution in [3.8, 4) is 0 Å². The van der Waals surface area contributed by atoms with Crippen LogP contribution in [0.25, 0.3) is 10.2 Å². The van der Waals surface area contributed by atoms with E-state index in [1.165, 1.54) is 25.6 Å². The van der Waals surface area contributed by atoms with Crippen LogP contribution in [0.15, 0.2) is 12.4 Å². The van der Waals surface area contributed by atoms with Gasteiger partial charge >= 0.3 is 6.18 Å². The van der Waals surface area contributed by atoms with Gasteiger partial charge in [-0.15, -0.1) is 11.3 Å². The summed E-state index contributed by atoms with van der Waals surface area (Å²) >= 11 is 1.12. The van der Waals surface area contributed by atoms with Crippen LogP contribution in [-0.2, 0) is 6.42 Å². The molecule has 2 unspecified atom stereocenters. The van der Waals surface area contributed by atoms with Gasteiger partial charge in [-0.2, -0.15) is 13.2 Å². The third kappa shape index (κ3) is 3.03. The molecule has 23 heavy (non-hydrogen) atoms. The Morgan fingerprint density at radius 2 is 2.00 bits per heavy atom. The van der Waals surface area contributed by atoms with E-state index in [2.05, 4.69) is 14.9 Å². The molecule has 1 saturated heterocycles. The fourth-order valence-corrected chi connectivity index (χ4v) is 5.07. The summed E-state index contributed by atoms with van der Waals surface area (Å²) in [6, 6.07) is 1.63. The second kappa shape index (κ2) is 5.61. The molecule has 0 bridgehead atoms. The molecular formula is C16H18F3N3S. The molecule has 3 heterocycles. The first-order valence-corrected chi connectivity index (χ1v) is 8.86. The number of halogens is 3. The van der Waals surface area contributed by atoms with Crippen molar-refractivity contribution < 1.29 is 13.2 Å². The first-order valence-electron chi connectivity index (χ1n) is 8.05. The van der Waals surface area contributed by atoms with Gasteiger partial charge < -0.3 is 4.90 Å². The van der Waals surface area contributed by atoms with Crippen molar-refractivity contribution in [2.24, 2.45) is 11.8 Å². The first kappa shape index (κ1) is 15.2. The third-order valence-electron chi connectivity index (χ3n) is 5.07. The maximum Gasteiger partial charge on any atom is 0.393 e. The number of hydrogen-bond donors (Lipinski definition) is 0. The monoisotopic (exact) mass is 341 g/mol. The second-order valence-corrected chi connectivity index (χ2v) is 7.72. The van der Waals surface area contributed by atoms with Gasteiger partial charge in [-0.25, -0.2) is 9.97 Å². The molecule has 2 aromatic heterocycles. The molecule has 1 aliphatic carbocycles. The fraction of sp³-hybridized carbons (Fsp3) is 0.625. The van der Waals surface area contributed by atoms with Gasteiger partial charge in [0.25, 0.3) is 0 Å². The van der Waals surface area contributed by atoms with E-state index in [0.29, 0.717) is 15.6 Å². The zero-order valence-electron chi connectivity index (χ0n) is 12.6. The molecule has 4 rings (SSSR count). The van der Waals surface area contributed by atoms with Gasteiger partial charge in [0, 0.05) is 18.0 Å². The molecule has 0 N–H and O–H groups in total. The molecule has 2 atom stereocenters. The Labute approximate surface area is 136 Å². The summed E-state index contributed by atoms with van der Waals surface area (Å²) in [7, 11) is 0. The second-order valence-electron chi connectivity index (χ2n) is 6.61. The van der Waals surface area contributed by atoms with Crippen molar-refractivity contribution >= 4 is 27.4 Å². The molecule has 2 aromatic rings. The van der Waals surface area contributed by atoms with E-state index in [1.807, 2.05) is 0 Å². The number of piperidine rings is 1. The highest BCUT2D eigenvalue weighted by Crippen LogP contribution is 2.40. The normalized spacial score (nSPS) is 25.1. The molecule has 2 fully saturated rings. The maximum atomic E-state index is 12.6. The number of aromatic nitrogens is 2. The van der Waals surface area contributed by atoms with E-state index in [1.54, 1.807) is 6.07 Å². The van der Waals surface area contributed by atoms with Gasteiger partial charge in [0.1, 0.15) is 17.0 Å². The molecule has 124 valence electrons. The van der Waals surface area contributed by atoms with Crippen LogP contribution in [0.2, 0.25) is 0 Å². The number of anilines is 1. The number of rotatable bonds is 2. The lowest BCUT2D eigenvalue weighted by Gasteiger charge is -2.36. The van der Waals surface area contributed by atoms with E-state index in [-0.39, 0.29) is 0 Å². The van der Waals surface area contributed by atoms with Gasteiger partial charge in [-0.1, -0.05) is 12.8 Å². The largest absolute Gasteiger partial charge is 0.393 e. The van der Waals surface area contributed by atoms with Crippen molar-refractivity contribution in [3.05, 3.63) is 17.3 Å². The predicted molar refractivity (Wildman–Crippen MR) is 84.8 cm³/mol. The summed E-state index contributed by atoms with van der Waals surface area (Å²) in [6.07, 6.45) is 1.46. The van der Waals surface area contributed by atoms with Crippen molar-refractivity contribution in [3.63, 3.8) is 0 Å². The van der Waals surface area contributed by atoms with E-state index < -0.39 is 12.6 Å². The summed E-state index contributed by atoms with van der Waals surface area (Å²) in [5.74, 6) is 2.35. The molecule has 3 nitrogen and oxygen atoms in total. The highest BCUT2D eigenvalue weighted by atomic mass is 32.1. The summed E-state index contributed by atoms with van der Waals surface area (Å²) < 4.78 is 37.9. The molecular weight excluding hydrogens is 323 g/mol. The molecule has 0 aromatic carbocycles. The number of nitrogens with zero attached hydrogens (tertiary/aromatic N) is 3. The van der Waals surface area contributed by atoms with Crippen LogP contribution < -0.4 is 4.90 Å². The molecule has 0 spiro atoms. The summed E-state index contributed by atoms with van der Waals surface area (Å²) in [6.45, 7) is 1.92. The SMILES string of the molecule is FC(F)(F)Cc1cc2c(N3CCC4CCCC4C3)ncnc2s1.